The number of non-ortho nitro benzene ring substituents is 1. The number of rotatable bonds is 4. The Bertz CT molecular complexity index is 1170. The molecule has 0 spiro atoms. The molecule has 1 N–H and O–H groups in total. The second kappa shape index (κ2) is 6.79. The Kier molecular flexibility index (Phi) is 4.29. The largest absolute Gasteiger partial charge is 0.350 e. The fourth-order valence-corrected chi connectivity index (χ4v) is 3.19. The van der Waals surface area contributed by atoms with Gasteiger partial charge in [0.2, 0.25) is 0 Å². The molecular formula is C20H12ClN3O4. The predicted molar refractivity (Wildman–Crippen MR) is 106 cm³/mol. The second-order valence-corrected chi connectivity index (χ2v) is 6.47. The standard InChI is InChI=1S/C20H12ClN3O4/c21-17-18(22-14-6-5-12-3-1-2-4-13(12)11-14)20(26)23(19(17)25)15-7-9-16(10-8-15)24(27)28/h1-11,22H. The van der Waals surface area contributed by atoms with Gasteiger partial charge in [0.15, 0.2) is 0 Å². The van der Waals surface area contributed by atoms with Crippen LogP contribution >= 0.6 is 11.6 Å². The van der Waals surface area contributed by atoms with E-state index >= 15 is 0 Å². The number of carbonyl (C=O) groups excluding carboxylic acids is 2. The van der Waals surface area contributed by atoms with Crippen LogP contribution in [0.15, 0.2) is 77.5 Å². The Labute approximate surface area is 164 Å². The van der Waals surface area contributed by atoms with Crippen LogP contribution in [0.2, 0.25) is 0 Å². The van der Waals surface area contributed by atoms with Crippen LogP contribution in [0.1, 0.15) is 0 Å². The minimum atomic E-state index is -0.691. The molecule has 0 saturated heterocycles. The van der Waals surface area contributed by atoms with Gasteiger partial charge in [0.1, 0.15) is 10.7 Å². The molecule has 0 fully saturated rings. The summed E-state index contributed by atoms with van der Waals surface area (Å²) in [7, 11) is 0. The van der Waals surface area contributed by atoms with Crippen molar-refractivity contribution in [1.82, 2.24) is 0 Å². The lowest BCUT2D eigenvalue weighted by molar-refractivity contribution is -0.384. The number of nitrogens with zero attached hydrogens (tertiary/aromatic N) is 2. The van der Waals surface area contributed by atoms with Crippen LogP contribution in [0.4, 0.5) is 17.1 Å². The van der Waals surface area contributed by atoms with Crippen molar-refractivity contribution in [3.05, 3.63) is 87.6 Å². The summed E-state index contributed by atoms with van der Waals surface area (Å²) >= 11 is 6.11. The number of carbonyl (C=O) groups is 2. The molecule has 0 radical (unpaired) electrons. The van der Waals surface area contributed by atoms with Crippen molar-refractivity contribution in [2.45, 2.75) is 0 Å². The lowest BCUT2D eigenvalue weighted by Gasteiger charge is -2.15. The lowest BCUT2D eigenvalue weighted by Crippen LogP contribution is -2.32. The van der Waals surface area contributed by atoms with Crippen LogP contribution in [0, 0.1) is 10.1 Å². The van der Waals surface area contributed by atoms with Crippen LogP contribution in [0.5, 0.6) is 0 Å². The molecule has 3 aromatic carbocycles. The van der Waals surface area contributed by atoms with E-state index in [4.69, 9.17) is 11.6 Å². The Hall–Kier alpha value is -3.71. The highest BCUT2D eigenvalue weighted by molar-refractivity contribution is 6.53. The third kappa shape index (κ3) is 2.97. The Morgan fingerprint density at radius 3 is 2.25 bits per heavy atom. The molecule has 4 rings (SSSR count). The molecule has 0 aliphatic carbocycles. The summed E-state index contributed by atoms with van der Waals surface area (Å²) in [6.07, 6.45) is 0. The Morgan fingerprint density at radius 2 is 1.57 bits per heavy atom. The van der Waals surface area contributed by atoms with Crippen molar-refractivity contribution >= 4 is 51.2 Å². The molecule has 0 atom stereocenters. The van der Waals surface area contributed by atoms with Gasteiger partial charge in [-0.15, -0.1) is 0 Å². The highest BCUT2D eigenvalue weighted by Gasteiger charge is 2.39. The van der Waals surface area contributed by atoms with Crippen molar-refractivity contribution in [2.24, 2.45) is 0 Å². The lowest BCUT2D eigenvalue weighted by atomic mass is 10.1. The topological polar surface area (TPSA) is 92.6 Å². The van der Waals surface area contributed by atoms with Gasteiger partial charge in [-0.25, -0.2) is 4.90 Å². The van der Waals surface area contributed by atoms with Crippen molar-refractivity contribution in [3.63, 3.8) is 0 Å². The van der Waals surface area contributed by atoms with Gasteiger partial charge in [0.25, 0.3) is 17.5 Å². The average Bonchev–Trinajstić information content (AvgIpc) is 2.91. The van der Waals surface area contributed by atoms with Gasteiger partial charge in [-0.1, -0.05) is 41.9 Å². The number of nitro groups is 1. The van der Waals surface area contributed by atoms with E-state index in [9.17, 15) is 19.7 Å². The summed E-state index contributed by atoms with van der Waals surface area (Å²) in [4.78, 5) is 36.4. The van der Waals surface area contributed by atoms with Crippen molar-refractivity contribution in [1.29, 1.82) is 0 Å². The molecular weight excluding hydrogens is 382 g/mol. The molecule has 2 amide bonds. The van der Waals surface area contributed by atoms with Crippen LogP contribution in [-0.4, -0.2) is 16.7 Å². The molecule has 0 aromatic heterocycles. The molecule has 0 unspecified atom stereocenters. The summed E-state index contributed by atoms with van der Waals surface area (Å²) in [6, 6.07) is 18.3. The number of anilines is 2. The normalized spacial score (nSPS) is 14.1. The molecule has 28 heavy (non-hydrogen) atoms. The second-order valence-electron chi connectivity index (χ2n) is 6.10. The van der Waals surface area contributed by atoms with E-state index in [2.05, 4.69) is 5.32 Å². The van der Waals surface area contributed by atoms with Gasteiger partial charge in [-0.2, -0.15) is 0 Å². The molecule has 7 nitrogen and oxygen atoms in total. The predicted octanol–water partition coefficient (Wildman–Crippen LogP) is 4.18. The maximum atomic E-state index is 12.8. The van der Waals surface area contributed by atoms with Crippen LogP contribution in [0.3, 0.4) is 0 Å². The number of benzene rings is 3. The summed E-state index contributed by atoms with van der Waals surface area (Å²) < 4.78 is 0. The van der Waals surface area contributed by atoms with E-state index in [1.54, 1.807) is 6.07 Å². The van der Waals surface area contributed by atoms with E-state index in [1.165, 1.54) is 24.3 Å². The molecule has 1 aliphatic heterocycles. The van der Waals surface area contributed by atoms with Gasteiger partial charge in [0, 0.05) is 17.8 Å². The van der Waals surface area contributed by atoms with Crippen LogP contribution < -0.4 is 10.2 Å². The maximum absolute atomic E-state index is 12.8. The van der Waals surface area contributed by atoms with Gasteiger partial charge >= 0.3 is 0 Å². The fraction of sp³-hybridized carbons (Fsp3) is 0. The number of nitro benzene ring substituents is 1. The molecule has 0 saturated carbocycles. The number of nitrogens with one attached hydrogen (secondary N) is 1. The van der Waals surface area contributed by atoms with Gasteiger partial charge < -0.3 is 5.32 Å². The first-order valence-corrected chi connectivity index (χ1v) is 8.62. The van der Waals surface area contributed by atoms with Crippen LogP contribution in [0.25, 0.3) is 10.8 Å². The van der Waals surface area contributed by atoms with E-state index < -0.39 is 16.7 Å². The van der Waals surface area contributed by atoms with E-state index in [0.29, 0.717) is 5.69 Å². The smallest absolute Gasteiger partial charge is 0.283 e. The van der Waals surface area contributed by atoms with Crippen molar-refractivity contribution < 1.29 is 14.5 Å². The Morgan fingerprint density at radius 1 is 0.893 bits per heavy atom. The number of imide groups is 1. The summed E-state index contributed by atoms with van der Waals surface area (Å²) in [5, 5.41) is 15.5. The monoisotopic (exact) mass is 393 g/mol. The number of hydrogen-bond acceptors (Lipinski definition) is 5. The van der Waals surface area contributed by atoms with Gasteiger partial charge in [-0.05, 0) is 35.0 Å². The zero-order valence-electron chi connectivity index (χ0n) is 14.3. The van der Waals surface area contributed by atoms with E-state index in [0.717, 1.165) is 15.7 Å². The average molecular weight is 394 g/mol. The number of fused-ring (bicyclic) bond motifs is 1. The fourth-order valence-electron chi connectivity index (χ4n) is 2.98. The molecule has 1 heterocycles. The minimum Gasteiger partial charge on any atom is -0.350 e. The van der Waals surface area contributed by atoms with Crippen molar-refractivity contribution in [3.8, 4) is 0 Å². The highest BCUT2D eigenvalue weighted by atomic mass is 35.5. The molecule has 1 aliphatic rings. The van der Waals surface area contributed by atoms with Gasteiger partial charge in [-0.3, -0.25) is 19.7 Å². The highest BCUT2D eigenvalue weighted by Crippen LogP contribution is 2.31. The number of hydrogen-bond donors (Lipinski definition) is 1. The quantitative estimate of drug-likeness (QED) is 0.407. The third-order valence-electron chi connectivity index (χ3n) is 4.36. The maximum Gasteiger partial charge on any atom is 0.283 e. The first-order valence-electron chi connectivity index (χ1n) is 8.24. The summed E-state index contributed by atoms with van der Waals surface area (Å²) in [5.41, 5.74) is 0.629. The third-order valence-corrected chi connectivity index (χ3v) is 4.72. The summed E-state index contributed by atoms with van der Waals surface area (Å²) in [5.74, 6) is -1.32. The summed E-state index contributed by atoms with van der Waals surface area (Å²) in [6.45, 7) is 0. The van der Waals surface area contributed by atoms with Crippen molar-refractivity contribution in [2.75, 3.05) is 10.2 Å². The number of amides is 2. The minimum absolute atomic E-state index is 0.0414. The van der Waals surface area contributed by atoms with Gasteiger partial charge in [0.05, 0.1) is 10.6 Å². The SMILES string of the molecule is O=C1C(Cl)=C(Nc2ccc3ccccc3c2)C(=O)N1c1ccc([N+](=O)[O-])cc1. The Balaban J connectivity index is 1.63. The van der Waals surface area contributed by atoms with E-state index in [1.807, 2.05) is 36.4 Å². The first kappa shape index (κ1) is 17.7. The molecule has 0 bridgehead atoms. The zero-order chi connectivity index (χ0) is 19.8. The van der Waals surface area contributed by atoms with E-state index in [-0.39, 0.29) is 22.1 Å². The molecule has 138 valence electrons. The number of halogens is 1. The van der Waals surface area contributed by atoms with Crippen LogP contribution in [-0.2, 0) is 9.59 Å². The molecule has 8 heteroatoms. The first-order chi connectivity index (χ1) is 13.5. The molecule has 3 aromatic rings. The zero-order valence-corrected chi connectivity index (χ0v) is 15.0.